The molecule has 1 aromatic rings. The molecule has 1 aromatic heterocycles. The summed E-state index contributed by atoms with van der Waals surface area (Å²) < 4.78 is 0. The molecule has 14 heavy (non-hydrogen) atoms. The van der Waals surface area contributed by atoms with Crippen molar-refractivity contribution < 1.29 is 0 Å². The number of nitrogens with zero attached hydrogens (tertiary/aromatic N) is 1. The SMILES string of the molecule is CC(N)CSCc1nc(Cl)ccc1Cl. The molecule has 78 valence electrons. The number of pyridine rings is 1. The largest absolute Gasteiger partial charge is 0.327 e. The van der Waals surface area contributed by atoms with Crippen LogP contribution in [0, 0.1) is 0 Å². The Hall–Kier alpha value is 0.0400. The first-order valence-corrected chi connectivity index (χ1v) is 6.15. The third kappa shape index (κ3) is 4.05. The van der Waals surface area contributed by atoms with E-state index in [2.05, 4.69) is 4.98 Å². The van der Waals surface area contributed by atoms with Crippen LogP contribution in [-0.2, 0) is 5.75 Å². The first kappa shape index (κ1) is 12.1. The molecule has 2 nitrogen and oxygen atoms in total. The fourth-order valence-corrected chi connectivity index (χ4v) is 2.22. The average molecular weight is 251 g/mol. The van der Waals surface area contributed by atoms with E-state index in [1.807, 2.05) is 6.92 Å². The van der Waals surface area contributed by atoms with Gasteiger partial charge in [0.15, 0.2) is 0 Å². The molecule has 2 N–H and O–H groups in total. The zero-order valence-corrected chi connectivity index (χ0v) is 10.2. The molecule has 5 heteroatoms. The summed E-state index contributed by atoms with van der Waals surface area (Å²) in [5.74, 6) is 1.64. The Morgan fingerprint density at radius 1 is 1.50 bits per heavy atom. The van der Waals surface area contributed by atoms with E-state index in [9.17, 15) is 0 Å². The van der Waals surface area contributed by atoms with E-state index < -0.39 is 0 Å². The van der Waals surface area contributed by atoms with Gasteiger partial charge in [0.2, 0.25) is 0 Å². The number of halogens is 2. The second kappa shape index (κ2) is 5.81. The van der Waals surface area contributed by atoms with Gasteiger partial charge in [0.05, 0.1) is 10.7 Å². The van der Waals surface area contributed by atoms with Crippen LogP contribution in [0.3, 0.4) is 0 Å². The van der Waals surface area contributed by atoms with Crippen molar-refractivity contribution in [2.75, 3.05) is 5.75 Å². The number of thioether (sulfide) groups is 1. The van der Waals surface area contributed by atoms with Gasteiger partial charge in [0, 0.05) is 17.5 Å². The van der Waals surface area contributed by atoms with Crippen LogP contribution in [0.15, 0.2) is 12.1 Å². The van der Waals surface area contributed by atoms with Gasteiger partial charge in [-0.2, -0.15) is 11.8 Å². The van der Waals surface area contributed by atoms with Crippen LogP contribution < -0.4 is 5.73 Å². The zero-order chi connectivity index (χ0) is 10.6. The Bertz CT molecular complexity index is 305. The minimum Gasteiger partial charge on any atom is -0.327 e. The number of aromatic nitrogens is 1. The Morgan fingerprint density at radius 3 is 2.86 bits per heavy atom. The molecule has 0 saturated heterocycles. The standard InChI is InChI=1S/C9H12Cl2N2S/c1-6(12)4-14-5-8-7(10)2-3-9(11)13-8/h2-3,6H,4-5,12H2,1H3. The van der Waals surface area contributed by atoms with Crippen molar-refractivity contribution in [1.29, 1.82) is 0 Å². The Balaban J connectivity index is 2.53. The van der Waals surface area contributed by atoms with Crippen LogP contribution in [0.25, 0.3) is 0 Å². The molecule has 0 amide bonds. The summed E-state index contributed by atoms with van der Waals surface area (Å²) in [5, 5.41) is 1.14. The number of hydrogen-bond acceptors (Lipinski definition) is 3. The van der Waals surface area contributed by atoms with Gasteiger partial charge in [-0.1, -0.05) is 23.2 Å². The summed E-state index contributed by atoms with van der Waals surface area (Å²) in [6.45, 7) is 1.97. The molecule has 1 atom stereocenters. The molecule has 0 aromatic carbocycles. The molecular formula is C9H12Cl2N2S. The van der Waals surface area contributed by atoms with Crippen molar-refractivity contribution >= 4 is 35.0 Å². The van der Waals surface area contributed by atoms with Crippen LogP contribution in [0.1, 0.15) is 12.6 Å². The monoisotopic (exact) mass is 250 g/mol. The van der Waals surface area contributed by atoms with Crippen molar-refractivity contribution in [3.63, 3.8) is 0 Å². The summed E-state index contributed by atoms with van der Waals surface area (Å²) >= 11 is 13.4. The Kier molecular flexibility index (Phi) is 5.02. The van der Waals surface area contributed by atoms with Crippen LogP contribution in [0.4, 0.5) is 0 Å². The summed E-state index contributed by atoms with van der Waals surface area (Å²) in [7, 11) is 0. The van der Waals surface area contributed by atoms with Crippen molar-refractivity contribution in [3.8, 4) is 0 Å². The van der Waals surface area contributed by atoms with Crippen molar-refractivity contribution in [3.05, 3.63) is 28.0 Å². The van der Waals surface area contributed by atoms with Crippen molar-refractivity contribution in [1.82, 2.24) is 4.98 Å². The third-order valence-electron chi connectivity index (χ3n) is 1.50. The van der Waals surface area contributed by atoms with Crippen molar-refractivity contribution in [2.45, 2.75) is 18.7 Å². The van der Waals surface area contributed by atoms with Gasteiger partial charge in [0.1, 0.15) is 5.15 Å². The number of rotatable bonds is 4. The summed E-state index contributed by atoms with van der Waals surface area (Å²) in [6, 6.07) is 3.64. The van der Waals surface area contributed by atoms with Gasteiger partial charge in [-0.3, -0.25) is 0 Å². The Morgan fingerprint density at radius 2 is 2.21 bits per heavy atom. The molecule has 0 spiro atoms. The molecule has 1 unspecified atom stereocenters. The second-order valence-electron chi connectivity index (χ2n) is 3.05. The highest BCUT2D eigenvalue weighted by atomic mass is 35.5. The van der Waals surface area contributed by atoms with Gasteiger partial charge < -0.3 is 5.73 Å². The Labute approximate surface area is 98.2 Å². The lowest BCUT2D eigenvalue weighted by Crippen LogP contribution is -2.17. The molecule has 0 aliphatic carbocycles. The predicted molar refractivity (Wildman–Crippen MR) is 64.1 cm³/mol. The highest BCUT2D eigenvalue weighted by Gasteiger charge is 2.03. The molecule has 0 fully saturated rings. The third-order valence-corrected chi connectivity index (χ3v) is 3.30. The van der Waals surface area contributed by atoms with Gasteiger partial charge >= 0.3 is 0 Å². The van der Waals surface area contributed by atoms with Gasteiger partial charge in [-0.25, -0.2) is 4.98 Å². The van der Waals surface area contributed by atoms with E-state index in [4.69, 9.17) is 28.9 Å². The maximum atomic E-state index is 5.95. The normalized spacial score (nSPS) is 12.9. The number of nitrogens with two attached hydrogens (primary N) is 1. The lowest BCUT2D eigenvalue weighted by atomic mass is 10.4. The summed E-state index contributed by atoms with van der Waals surface area (Å²) in [4.78, 5) is 4.14. The maximum absolute atomic E-state index is 5.95. The van der Waals surface area contributed by atoms with Gasteiger partial charge in [-0.15, -0.1) is 0 Å². The van der Waals surface area contributed by atoms with E-state index in [1.54, 1.807) is 23.9 Å². The molecule has 0 aliphatic heterocycles. The fourth-order valence-electron chi connectivity index (χ4n) is 0.900. The summed E-state index contributed by atoms with van der Waals surface area (Å²) in [5.41, 5.74) is 6.45. The van der Waals surface area contributed by atoms with Crippen LogP contribution >= 0.6 is 35.0 Å². The smallest absolute Gasteiger partial charge is 0.129 e. The predicted octanol–water partition coefficient (Wildman–Crippen LogP) is 2.97. The van der Waals surface area contributed by atoms with Crippen LogP contribution in [-0.4, -0.2) is 16.8 Å². The first-order valence-electron chi connectivity index (χ1n) is 4.24. The van der Waals surface area contributed by atoms with Gasteiger partial charge in [0.25, 0.3) is 0 Å². The summed E-state index contributed by atoms with van der Waals surface area (Å²) in [6.07, 6.45) is 0. The fraction of sp³-hybridized carbons (Fsp3) is 0.444. The topological polar surface area (TPSA) is 38.9 Å². The lowest BCUT2D eigenvalue weighted by molar-refractivity contribution is 0.847. The van der Waals surface area contributed by atoms with E-state index in [-0.39, 0.29) is 6.04 Å². The van der Waals surface area contributed by atoms with Crippen LogP contribution in [0.2, 0.25) is 10.2 Å². The van der Waals surface area contributed by atoms with Crippen molar-refractivity contribution in [2.24, 2.45) is 5.73 Å². The highest BCUT2D eigenvalue weighted by Crippen LogP contribution is 2.21. The van der Waals surface area contributed by atoms with Gasteiger partial charge in [-0.05, 0) is 19.1 Å². The molecule has 0 bridgehead atoms. The van der Waals surface area contributed by atoms with Crippen LogP contribution in [0.5, 0.6) is 0 Å². The molecule has 1 heterocycles. The minimum atomic E-state index is 0.193. The zero-order valence-electron chi connectivity index (χ0n) is 7.84. The molecular weight excluding hydrogens is 239 g/mol. The average Bonchev–Trinajstić information content (AvgIpc) is 2.10. The van der Waals surface area contributed by atoms with E-state index in [1.165, 1.54) is 0 Å². The maximum Gasteiger partial charge on any atom is 0.129 e. The second-order valence-corrected chi connectivity index (χ2v) is 4.88. The molecule has 0 saturated carbocycles. The number of hydrogen-bond donors (Lipinski definition) is 1. The molecule has 1 rings (SSSR count). The molecule has 0 aliphatic rings. The highest BCUT2D eigenvalue weighted by molar-refractivity contribution is 7.98. The van der Waals surface area contributed by atoms with E-state index in [0.29, 0.717) is 10.2 Å². The quantitative estimate of drug-likeness (QED) is 0.836. The lowest BCUT2D eigenvalue weighted by Gasteiger charge is -2.05. The molecule has 0 radical (unpaired) electrons. The van der Waals surface area contributed by atoms with E-state index >= 15 is 0 Å². The minimum absolute atomic E-state index is 0.193. The first-order chi connectivity index (χ1) is 6.59. The van der Waals surface area contributed by atoms with E-state index in [0.717, 1.165) is 17.2 Å².